The smallest absolute Gasteiger partial charge is 0.307 e. The van der Waals surface area contributed by atoms with Gasteiger partial charge in [-0.05, 0) is 30.0 Å². The molecule has 0 bridgehead atoms. The number of nitrogens with one attached hydrogen (secondary N) is 1. The SMILES string of the molecule is COc1cccc([C@@H](C)NC(=O)[C@H]2[C@@H](C(=O)O)C2(C)C)c1. The molecular formula is C16H21NO4. The maximum atomic E-state index is 12.3. The first-order chi connectivity index (χ1) is 9.78. The highest BCUT2D eigenvalue weighted by atomic mass is 16.5. The van der Waals surface area contributed by atoms with Crippen LogP contribution in [-0.4, -0.2) is 24.1 Å². The van der Waals surface area contributed by atoms with Crippen LogP contribution in [0.3, 0.4) is 0 Å². The lowest BCUT2D eigenvalue weighted by molar-refractivity contribution is -0.140. The third-order valence-corrected chi connectivity index (χ3v) is 4.33. The molecule has 1 fully saturated rings. The minimum absolute atomic E-state index is 0.196. The topological polar surface area (TPSA) is 75.6 Å². The van der Waals surface area contributed by atoms with Crippen LogP contribution in [0.1, 0.15) is 32.4 Å². The van der Waals surface area contributed by atoms with Crippen molar-refractivity contribution >= 4 is 11.9 Å². The largest absolute Gasteiger partial charge is 0.497 e. The summed E-state index contributed by atoms with van der Waals surface area (Å²) in [6.07, 6.45) is 0. The molecule has 0 aromatic heterocycles. The van der Waals surface area contributed by atoms with E-state index in [4.69, 9.17) is 9.84 Å². The number of carbonyl (C=O) groups is 2. The van der Waals surface area contributed by atoms with Crippen LogP contribution in [0.2, 0.25) is 0 Å². The van der Waals surface area contributed by atoms with E-state index in [9.17, 15) is 9.59 Å². The molecule has 1 aliphatic rings. The minimum atomic E-state index is -0.908. The Morgan fingerprint density at radius 3 is 2.52 bits per heavy atom. The number of carboxylic acids is 1. The van der Waals surface area contributed by atoms with E-state index in [0.717, 1.165) is 11.3 Å². The van der Waals surface area contributed by atoms with E-state index in [2.05, 4.69) is 5.32 Å². The van der Waals surface area contributed by atoms with Crippen molar-refractivity contribution in [3.8, 4) is 5.75 Å². The number of amides is 1. The number of rotatable bonds is 5. The molecule has 5 heteroatoms. The third-order valence-electron chi connectivity index (χ3n) is 4.33. The van der Waals surface area contributed by atoms with Gasteiger partial charge in [-0.25, -0.2) is 0 Å². The van der Waals surface area contributed by atoms with Gasteiger partial charge in [0.1, 0.15) is 5.75 Å². The summed E-state index contributed by atoms with van der Waals surface area (Å²) >= 11 is 0. The third kappa shape index (κ3) is 2.86. The minimum Gasteiger partial charge on any atom is -0.497 e. The average molecular weight is 291 g/mol. The van der Waals surface area contributed by atoms with E-state index >= 15 is 0 Å². The van der Waals surface area contributed by atoms with E-state index in [-0.39, 0.29) is 11.9 Å². The van der Waals surface area contributed by atoms with Crippen molar-refractivity contribution in [2.45, 2.75) is 26.8 Å². The van der Waals surface area contributed by atoms with Crippen molar-refractivity contribution in [2.24, 2.45) is 17.3 Å². The predicted molar refractivity (Wildman–Crippen MR) is 77.9 cm³/mol. The first-order valence-corrected chi connectivity index (χ1v) is 6.96. The number of aliphatic carboxylic acids is 1. The molecule has 2 rings (SSSR count). The standard InChI is InChI=1S/C16H21NO4/c1-9(10-6-5-7-11(8-10)21-4)17-14(18)12-13(15(19)20)16(12,2)3/h5-9,12-13H,1-4H3,(H,17,18)(H,19,20)/t9-,12-,13+/m1/s1. The first-order valence-electron chi connectivity index (χ1n) is 6.96. The van der Waals surface area contributed by atoms with Crippen molar-refractivity contribution in [3.63, 3.8) is 0 Å². The van der Waals surface area contributed by atoms with Crippen LogP contribution in [0.25, 0.3) is 0 Å². The molecule has 2 N–H and O–H groups in total. The number of ether oxygens (including phenoxy) is 1. The zero-order valence-corrected chi connectivity index (χ0v) is 12.7. The van der Waals surface area contributed by atoms with E-state index in [1.54, 1.807) is 7.11 Å². The second-order valence-corrected chi connectivity index (χ2v) is 6.12. The Morgan fingerprint density at radius 2 is 2.00 bits per heavy atom. The Hall–Kier alpha value is -2.04. The molecule has 5 nitrogen and oxygen atoms in total. The fourth-order valence-electron chi connectivity index (χ4n) is 2.89. The first kappa shape index (κ1) is 15.4. The number of hydrogen-bond acceptors (Lipinski definition) is 3. The highest BCUT2D eigenvalue weighted by molar-refractivity contribution is 5.91. The fraction of sp³-hybridized carbons (Fsp3) is 0.500. The van der Waals surface area contributed by atoms with Crippen LogP contribution in [0.15, 0.2) is 24.3 Å². The summed E-state index contributed by atoms with van der Waals surface area (Å²) < 4.78 is 5.16. The summed E-state index contributed by atoms with van der Waals surface area (Å²) in [5, 5.41) is 12.0. The zero-order valence-electron chi connectivity index (χ0n) is 12.7. The molecule has 1 saturated carbocycles. The molecular weight excluding hydrogens is 270 g/mol. The number of methoxy groups -OCH3 is 1. The van der Waals surface area contributed by atoms with Crippen LogP contribution in [-0.2, 0) is 9.59 Å². The molecule has 0 spiro atoms. The van der Waals surface area contributed by atoms with Gasteiger partial charge >= 0.3 is 5.97 Å². The number of hydrogen-bond donors (Lipinski definition) is 2. The summed E-state index contributed by atoms with van der Waals surface area (Å²) in [6, 6.07) is 7.26. The maximum absolute atomic E-state index is 12.3. The second kappa shape index (κ2) is 5.39. The maximum Gasteiger partial charge on any atom is 0.307 e. The molecule has 0 saturated heterocycles. The quantitative estimate of drug-likeness (QED) is 0.872. The van der Waals surface area contributed by atoms with Crippen LogP contribution in [0.5, 0.6) is 5.75 Å². The summed E-state index contributed by atoms with van der Waals surface area (Å²) in [4.78, 5) is 23.4. The van der Waals surface area contributed by atoms with Gasteiger partial charge in [-0.1, -0.05) is 26.0 Å². The van der Waals surface area contributed by atoms with Gasteiger partial charge in [0.25, 0.3) is 0 Å². The molecule has 0 unspecified atom stereocenters. The van der Waals surface area contributed by atoms with Crippen molar-refractivity contribution in [2.75, 3.05) is 7.11 Å². The number of carbonyl (C=O) groups excluding carboxylic acids is 1. The van der Waals surface area contributed by atoms with Crippen LogP contribution in [0.4, 0.5) is 0 Å². The van der Waals surface area contributed by atoms with Crippen molar-refractivity contribution in [3.05, 3.63) is 29.8 Å². The van der Waals surface area contributed by atoms with E-state index < -0.39 is 23.2 Å². The molecule has 114 valence electrons. The lowest BCUT2D eigenvalue weighted by Gasteiger charge is -2.15. The fourth-order valence-corrected chi connectivity index (χ4v) is 2.89. The van der Waals surface area contributed by atoms with Crippen LogP contribution >= 0.6 is 0 Å². The van der Waals surface area contributed by atoms with Crippen molar-refractivity contribution < 1.29 is 19.4 Å². The van der Waals surface area contributed by atoms with E-state index in [0.29, 0.717) is 0 Å². The van der Waals surface area contributed by atoms with Crippen LogP contribution < -0.4 is 10.1 Å². The van der Waals surface area contributed by atoms with Gasteiger partial charge in [0.2, 0.25) is 5.91 Å². The van der Waals surface area contributed by atoms with Gasteiger partial charge in [-0.15, -0.1) is 0 Å². The lowest BCUT2D eigenvalue weighted by Crippen LogP contribution is -2.30. The number of carboxylic acid groups (broad SMARTS) is 1. The molecule has 1 aromatic rings. The average Bonchev–Trinajstić information content (AvgIpc) is 3.02. The monoisotopic (exact) mass is 291 g/mol. The second-order valence-electron chi connectivity index (χ2n) is 6.12. The van der Waals surface area contributed by atoms with Gasteiger partial charge in [0.05, 0.1) is 25.0 Å². The molecule has 21 heavy (non-hydrogen) atoms. The Morgan fingerprint density at radius 1 is 1.33 bits per heavy atom. The van der Waals surface area contributed by atoms with Crippen molar-refractivity contribution in [1.82, 2.24) is 5.32 Å². The summed E-state index contributed by atoms with van der Waals surface area (Å²) in [5.74, 6) is -1.46. The summed E-state index contributed by atoms with van der Waals surface area (Å²) in [5.41, 5.74) is 0.442. The molecule has 1 aromatic carbocycles. The Kier molecular flexibility index (Phi) is 3.94. The Bertz CT molecular complexity index is 567. The normalized spacial score (nSPS) is 24.0. The van der Waals surface area contributed by atoms with Crippen molar-refractivity contribution in [1.29, 1.82) is 0 Å². The molecule has 0 aliphatic heterocycles. The highest BCUT2D eigenvalue weighted by Gasteiger charge is 2.65. The molecule has 0 radical (unpaired) electrons. The zero-order chi connectivity index (χ0) is 15.8. The van der Waals surface area contributed by atoms with Gasteiger partial charge in [-0.3, -0.25) is 9.59 Å². The van der Waals surface area contributed by atoms with E-state index in [1.165, 1.54) is 0 Å². The van der Waals surface area contributed by atoms with Gasteiger partial charge in [-0.2, -0.15) is 0 Å². The summed E-state index contributed by atoms with van der Waals surface area (Å²) in [6.45, 7) is 5.50. The van der Waals surface area contributed by atoms with Gasteiger partial charge in [0.15, 0.2) is 0 Å². The lowest BCUT2D eigenvalue weighted by atomic mass is 10.1. The van der Waals surface area contributed by atoms with Gasteiger partial charge in [0, 0.05) is 0 Å². The molecule has 1 aliphatic carbocycles. The number of benzene rings is 1. The van der Waals surface area contributed by atoms with Gasteiger partial charge < -0.3 is 15.2 Å². The van der Waals surface area contributed by atoms with Crippen LogP contribution in [0, 0.1) is 17.3 Å². The van der Waals surface area contributed by atoms with E-state index in [1.807, 2.05) is 45.0 Å². The molecule has 0 heterocycles. The highest BCUT2D eigenvalue weighted by Crippen LogP contribution is 2.58. The summed E-state index contributed by atoms with van der Waals surface area (Å²) in [7, 11) is 1.59. The predicted octanol–water partition coefficient (Wildman–Crippen LogP) is 2.23. The Balaban J connectivity index is 2.05. The Labute approximate surface area is 124 Å². The molecule has 3 atom stereocenters. The molecule has 1 amide bonds.